The van der Waals surface area contributed by atoms with Crippen LogP contribution in [0.2, 0.25) is 0 Å². The summed E-state index contributed by atoms with van der Waals surface area (Å²) in [6.45, 7) is 4.51. The minimum absolute atomic E-state index is 0.164. The van der Waals surface area contributed by atoms with Crippen LogP contribution >= 0.6 is 0 Å². The van der Waals surface area contributed by atoms with Crippen molar-refractivity contribution in [2.45, 2.75) is 26.4 Å². The fraction of sp³-hybridized carbons (Fsp3) is 0.467. The van der Waals surface area contributed by atoms with Crippen LogP contribution in [-0.2, 0) is 23.1 Å². The summed E-state index contributed by atoms with van der Waals surface area (Å²) in [4.78, 5) is 16.3. The molecule has 5 nitrogen and oxygen atoms in total. The number of aromatic nitrogens is 2. The Labute approximate surface area is 118 Å². The van der Waals surface area contributed by atoms with Gasteiger partial charge in [0.15, 0.2) is 0 Å². The van der Waals surface area contributed by atoms with Gasteiger partial charge >= 0.3 is 5.97 Å². The zero-order chi connectivity index (χ0) is 14.7. The standard InChI is InChI=1S/C15H21N3O2/c1-10(2)14(15(19)20-4)16-9-13-17-11-7-5-6-8-12(11)18(13)3/h5-8,10,14,16H,9H2,1-4H3. The molecule has 0 bridgehead atoms. The number of nitrogens with one attached hydrogen (secondary N) is 1. The van der Waals surface area contributed by atoms with E-state index < -0.39 is 0 Å². The molecule has 5 heteroatoms. The SMILES string of the molecule is COC(=O)C(NCc1nc2ccccc2n1C)C(C)C. The van der Waals surface area contributed by atoms with Crippen molar-refractivity contribution in [2.24, 2.45) is 13.0 Å². The van der Waals surface area contributed by atoms with E-state index in [1.54, 1.807) is 0 Å². The van der Waals surface area contributed by atoms with Gasteiger partial charge in [0.05, 0.1) is 24.7 Å². The molecular weight excluding hydrogens is 254 g/mol. The van der Waals surface area contributed by atoms with Gasteiger partial charge in [0.2, 0.25) is 0 Å². The Morgan fingerprint density at radius 3 is 2.70 bits per heavy atom. The van der Waals surface area contributed by atoms with Gasteiger partial charge in [-0.05, 0) is 18.1 Å². The molecule has 0 aliphatic heterocycles. The molecule has 0 aliphatic rings. The molecule has 1 aromatic heterocycles. The Morgan fingerprint density at radius 2 is 2.10 bits per heavy atom. The van der Waals surface area contributed by atoms with Crippen LogP contribution in [0.15, 0.2) is 24.3 Å². The molecular formula is C15H21N3O2. The number of carbonyl (C=O) groups excluding carboxylic acids is 1. The second-order valence-electron chi connectivity index (χ2n) is 5.20. The van der Waals surface area contributed by atoms with E-state index in [0.717, 1.165) is 16.9 Å². The number of methoxy groups -OCH3 is 1. The van der Waals surface area contributed by atoms with Gasteiger partial charge in [-0.1, -0.05) is 26.0 Å². The molecule has 2 rings (SSSR count). The molecule has 108 valence electrons. The Balaban J connectivity index is 2.16. The van der Waals surface area contributed by atoms with Crippen LogP contribution < -0.4 is 5.32 Å². The lowest BCUT2D eigenvalue weighted by molar-refractivity contribution is -0.144. The minimum atomic E-state index is -0.320. The molecule has 1 aromatic carbocycles. The van der Waals surface area contributed by atoms with Gasteiger partial charge in [0, 0.05) is 7.05 Å². The average molecular weight is 275 g/mol. The summed E-state index contributed by atoms with van der Waals surface area (Å²) in [5.41, 5.74) is 2.05. The molecule has 1 atom stereocenters. The van der Waals surface area contributed by atoms with Gasteiger partial charge < -0.3 is 9.30 Å². The number of imidazole rings is 1. The van der Waals surface area contributed by atoms with E-state index in [-0.39, 0.29) is 17.9 Å². The van der Waals surface area contributed by atoms with Crippen LogP contribution in [0, 0.1) is 5.92 Å². The van der Waals surface area contributed by atoms with E-state index in [1.807, 2.05) is 49.7 Å². The highest BCUT2D eigenvalue weighted by Crippen LogP contribution is 2.14. The highest BCUT2D eigenvalue weighted by molar-refractivity contribution is 5.76. The lowest BCUT2D eigenvalue weighted by Gasteiger charge is -2.19. The van der Waals surface area contributed by atoms with Crippen LogP contribution in [0.3, 0.4) is 0 Å². The second-order valence-corrected chi connectivity index (χ2v) is 5.20. The van der Waals surface area contributed by atoms with Gasteiger partial charge in [-0.25, -0.2) is 4.98 Å². The van der Waals surface area contributed by atoms with E-state index in [2.05, 4.69) is 10.3 Å². The zero-order valence-corrected chi connectivity index (χ0v) is 12.4. The molecule has 0 saturated carbocycles. The number of para-hydroxylation sites is 2. The van der Waals surface area contributed by atoms with Crippen molar-refractivity contribution in [1.29, 1.82) is 0 Å². The molecule has 0 spiro atoms. The monoisotopic (exact) mass is 275 g/mol. The lowest BCUT2D eigenvalue weighted by atomic mass is 10.0. The predicted molar refractivity (Wildman–Crippen MR) is 78.2 cm³/mol. The summed E-state index contributed by atoms with van der Waals surface area (Å²) in [7, 11) is 3.39. The van der Waals surface area contributed by atoms with Gasteiger partial charge in [0.25, 0.3) is 0 Å². The fourth-order valence-electron chi connectivity index (χ4n) is 2.27. The van der Waals surface area contributed by atoms with Gasteiger partial charge in [-0.3, -0.25) is 10.1 Å². The van der Waals surface area contributed by atoms with Crippen molar-refractivity contribution in [3.8, 4) is 0 Å². The summed E-state index contributed by atoms with van der Waals surface area (Å²) in [5, 5.41) is 3.23. The first-order chi connectivity index (χ1) is 9.54. The number of ether oxygens (including phenoxy) is 1. The van der Waals surface area contributed by atoms with Crippen molar-refractivity contribution in [1.82, 2.24) is 14.9 Å². The molecule has 0 saturated heterocycles. The maximum atomic E-state index is 11.7. The van der Waals surface area contributed by atoms with E-state index >= 15 is 0 Å². The number of aryl methyl sites for hydroxylation is 1. The molecule has 1 heterocycles. The van der Waals surface area contributed by atoms with Crippen LogP contribution in [0.25, 0.3) is 11.0 Å². The number of benzene rings is 1. The highest BCUT2D eigenvalue weighted by atomic mass is 16.5. The maximum absolute atomic E-state index is 11.7. The first-order valence-corrected chi connectivity index (χ1v) is 6.76. The van der Waals surface area contributed by atoms with Gasteiger partial charge in [-0.2, -0.15) is 0 Å². The Morgan fingerprint density at radius 1 is 1.40 bits per heavy atom. The Hall–Kier alpha value is -1.88. The topological polar surface area (TPSA) is 56.1 Å². The molecule has 0 fully saturated rings. The number of rotatable bonds is 5. The quantitative estimate of drug-likeness (QED) is 0.846. The number of hydrogen-bond donors (Lipinski definition) is 1. The van der Waals surface area contributed by atoms with Gasteiger partial charge in [-0.15, -0.1) is 0 Å². The zero-order valence-electron chi connectivity index (χ0n) is 12.4. The molecule has 0 radical (unpaired) electrons. The molecule has 2 aromatic rings. The summed E-state index contributed by atoms with van der Waals surface area (Å²) < 4.78 is 6.86. The highest BCUT2D eigenvalue weighted by Gasteiger charge is 2.22. The fourth-order valence-corrected chi connectivity index (χ4v) is 2.27. The average Bonchev–Trinajstić information content (AvgIpc) is 2.75. The summed E-state index contributed by atoms with van der Waals surface area (Å²) in [6.07, 6.45) is 0. The van der Waals surface area contributed by atoms with E-state index in [0.29, 0.717) is 6.54 Å². The normalized spacial score (nSPS) is 12.8. The molecule has 1 unspecified atom stereocenters. The van der Waals surface area contributed by atoms with Gasteiger partial charge in [0.1, 0.15) is 11.9 Å². The second kappa shape index (κ2) is 6.05. The van der Waals surface area contributed by atoms with Crippen LogP contribution in [0.4, 0.5) is 0 Å². The molecule has 0 amide bonds. The largest absolute Gasteiger partial charge is 0.468 e. The van der Waals surface area contributed by atoms with Crippen LogP contribution in [-0.4, -0.2) is 28.7 Å². The van der Waals surface area contributed by atoms with E-state index in [4.69, 9.17) is 4.74 Å². The maximum Gasteiger partial charge on any atom is 0.323 e. The number of hydrogen-bond acceptors (Lipinski definition) is 4. The third-order valence-electron chi connectivity index (χ3n) is 3.48. The Kier molecular flexibility index (Phi) is 4.39. The number of nitrogens with zero attached hydrogens (tertiary/aromatic N) is 2. The lowest BCUT2D eigenvalue weighted by Crippen LogP contribution is -2.41. The molecule has 20 heavy (non-hydrogen) atoms. The van der Waals surface area contributed by atoms with E-state index in [9.17, 15) is 4.79 Å². The summed E-state index contributed by atoms with van der Waals surface area (Å²) in [6, 6.07) is 7.66. The third-order valence-corrected chi connectivity index (χ3v) is 3.48. The first-order valence-electron chi connectivity index (χ1n) is 6.76. The van der Waals surface area contributed by atoms with Crippen molar-refractivity contribution in [3.05, 3.63) is 30.1 Å². The van der Waals surface area contributed by atoms with Crippen molar-refractivity contribution >= 4 is 17.0 Å². The minimum Gasteiger partial charge on any atom is -0.468 e. The number of fused-ring (bicyclic) bond motifs is 1. The summed E-state index contributed by atoms with van der Waals surface area (Å²) >= 11 is 0. The smallest absolute Gasteiger partial charge is 0.323 e. The number of carbonyl (C=O) groups is 1. The number of esters is 1. The van der Waals surface area contributed by atoms with Crippen molar-refractivity contribution in [2.75, 3.05) is 7.11 Å². The van der Waals surface area contributed by atoms with Crippen molar-refractivity contribution < 1.29 is 9.53 Å². The van der Waals surface area contributed by atoms with Crippen LogP contribution in [0.5, 0.6) is 0 Å². The third kappa shape index (κ3) is 2.82. The van der Waals surface area contributed by atoms with E-state index in [1.165, 1.54) is 7.11 Å². The molecule has 0 aliphatic carbocycles. The Bertz CT molecular complexity index is 604. The van der Waals surface area contributed by atoms with Crippen LogP contribution in [0.1, 0.15) is 19.7 Å². The summed E-state index contributed by atoms with van der Waals surface area (Å²) in [5.74, 6) is 0.830. The van der Waals surface area contributed by atoms with Crippen molar-refractivity contribution in [3.63, 3.8) is 0 Å². The molecule has 1 N–H and O–H groups in total. The predicted octanol–water partition coefficient (Wildman–Crippen LogP) is 1.86. The first kappa shape index (κ1) is 14.5.